The van der Waals surface area contributed by atoms with Crippen LogP contribution in [0, 0.1) is 6.92 Å². The first-order valence-corrected chi connectivity index (χ1v) is 10.6. The molecule has 32 heavy (non-hydrogen) atoms. The summed E-state index contributed by atoms with van der Waals surface area (Å²) >= 11 is 0. The Bertz CT molecular complexity index is 945. The van der Waals surface area contributed by atoms with Gasteiger partial charge in [-0.2, -0.15) is 5.10 Å². The number of aryl methyl sites for hydroxylation is 1. The van der Waals surface area contributed by atoms with Crippen molar-refractivity contribution in [3.63, 3.8) is 0 Å². The molecule has 172 valence electrons. The Morgan fingerprint density at radius 1 is 1.16 bits per heavy atom. The molecule has 1 aromatic heterocycles. The molecular weight excluding hydrogens is 517 g/mol. The molecular formula is C24H32IN5O2. The maximum Gasteiger partial charge on any atom is 0.191 e. The second-order valence-corrected chi connectivity index (χ2v) is 7.29. The van der Waals surface area contributed by atoms with Gasteiger partial charge in [-0.25, -0.2) is 4.68 Å². The standard InChI is InChI=1S/C24H31N5O2.HI/c1-3-25-24(27-17-22(30)18-31-23-7-4-6-19(2)16-23)26-14-12-20-8-10-21(11-9-20)29-15-5-13-28-29;/h4-11,13,15-16,22,30H,3,12,14,17-18H2,1-2H3,(H2,25,26,27);1H. The highest BCUT2D eigenvalue weighted by molar-refractivity contribution is 14.0. The molecule has 0 saturated heterocycles. The number of aliphatic hydroxyl groups is 1. The molecule has 0 bridgehead atoms. The highest BCUT2D eigenvalue weighted by Crippen LogP contribution is 2.12. The lowest BCUT2D eigenvalue weighted by atomic mass is 10.1. The molecule has 0 spiro atoms. The van der Waals surface area contributed by atoms with E-state index in [1.807, 2.05) is 55.1 Å². The topological polar surface area (TPSA) is 83.7 Å². The quantitative estimate of drug-likeness (QED) is 0.205. The second kappa shape index (κ2) is 13.7. The zero-order valence-corrected chi connectivity index (χ0v) is 20.9. The largest absolute Gasteiger partial charge is 0.491 e. The summed E-state index contributed by atoms with van der Waals surface area (Å²) in [6, 6.07) is 18.0. The lowest BCUT2D eigenvalue weighted by molar-refractivity contribution is 0.114. The van der Waals surface area contributed by atoms with E-state index in [2.05, 4.69) is 45.0 Å². The number of nitrogens with zero attached hydrogens (tertiary/aromatic N) is 3. The molecule has 3 rings (SSSR count). The second-order valence-electron chi connectivity index (χ2n) is 7.29. The monoisotopic (exact) mass is 549 g/mol. The zero-order valence-electron chi connectivity index (χ0n) is 18.6. The molecule has 3 aromatic rings. The van der Waals surface area contributed by atoms with Gasteiger partial charge in [0.15, 0.2) is 5.96 Å². The molecule has 0 fully saturated rings. The van der Waals surface area contributed by atoms with Crippen molar-refractivity contribution in [3.05, 3.63) is 78.1 Å². The van der Waals surface area contributed by atoms with E-state index in [9.17, 15) is 5.11 Å². The van der Waals surface area contributed by atoms with Crippen LogP contribution in [0.1, 0.15) is 18.1 Å². The number of benzene rings is 2. The normalized spacial score (nSPS) is 12.0. The molecule has 1 unspecified atom stereocenters. The molecule has 7 nitrogen and oxygen atoms in total. The Kier molecular flexibility index (Phi) is 11.0. The van der Waals surface area contributed by atoms with Gasteiger partial charge in [0.2, 0.25) is 0 Å². The van der Waals surface area contributed by atoms with Crippen LogP contribution in [0.5, 0.6) is 5.75 Å². The summed E-state index contributed by atoms with van der Waals surface area (Å²) in [4.78, 5) is 4.48. The number of ether oxygens (including phenoxy) is 1. The molecule has 1 atom stereocenters. The van der Waals surface area contributed by atoms with Crippen molar-refractivity contribution in [2.75, 3.05) is 26.2 Å². The fourth-order valence-corrected chi connectivity index (χ4v) is 3.05. The Balaban J connectivity index is 0.00000363. The van der Waals surface area contributed by atoms with E-state index in [4.69, 9.17) is 4.74 Å². The molecule has 3 N–H and O–H groups in total. The number of hydrogen-bond acceptors (Lipinski definition) is 4. The third kappa shape index (κ3) is 8.51. The van der Waals surface area contributed by atoms with Crippen LogP contribution in [0.15, 0.2) is 72.0 Å². The van der Waals surface area contributed by atoms with Crippen LogP contribution in [0.2, 0.25) is 0 Å². The first-order chi connectivity index (χ1) is 15.1. The van der Waals surface area contributed by atoms with Crippen molar-refractivity contribution in [1.29, 1.82) is 0 Å². The molecule has 0 amide bonds. The zero-order chi connectivity index (χ0) is 21.9. The smallest absolute Gasteiger partial charge is 0.191 e. The Morgan fingerprint density at radius 3 is 2.66 bits per heavy atom. The van der Waals surface area contributed by atoms with E-state index >= 15 is 0 Å². The molecule has 2 aromatic carbocycles. The first kappa shape index (κ1) is 25.7. The average molecular weight is 549 g/mol. The van der Waals surface area contributed by atoms with Gasteiger partial charge in [0.25, 0.3) is 0 Å². The van der Waals surface area contributed by atoms with Gasteiger partial charge in [-0.1, -0.05) is 24.3 Å². The molecule has 0 saturated carbocycles. The fraction of sp³-hybridized carbons (Fsp3) is 0.333. The Labute approximate surface area is 206 Å². The van der Waals surface area contributed by atoms with Gasteiger partial charge in [0, 0.05) is 25.5 Å². The van der Waals surface area contributed by atoms with E-state index in [0.717, 1.165) is 36.5 Å². The van der Waals surface area contributed by atoms with Gasteiger partial charge in [-0.3, -0.25) is 4.99 Å². The van der Waals surface area contributed by atoms with Gasteiger partial charge in [0.1, 0.15) is 18.5 Å². The Morgan fingerprint density at radius 2 is 1.97 bits per heavy atom. The summed E-state index contributed by atoms with van der Waals surface area (Å²) in [5, 5.41) is 21.0. The van der Waals surface area contributed by atoms with Crippen LogP contribution >= 0.6 is 24.0 Å². The van der Waals surface area contributed by atoms with Crippen molar-refractivity contribution in [3.8, 4) is 11.4 Å². The van der Waals surface area contributed by atoms with Crippen molar-refractivity contribution in [1.82, 2.24) is 20.4 Å². The maximum atomic E-state index is 10.2. The van der Waals surface area contributed by atoms with Gasteiger partial charge >= 0.3 is 0 Å². The van der Waals surface area contributed by atoms with Crippen LogP contribution in [0.4, 0.5) is 0 Å². The summed E-state index contributed by atoms with van der Waals surface area (Å²) < 4.78 is 7.49. The van der Waals surface area contributed by atoms with Crippen molar-refractivity contribution in [2.24, 2.45) is 4.99 Å². The van der Waals surface area contributed by atoms with Crippen molar-refractivity contribution < 1.29 is 9.84 Å². The summed E-state index contributed by atoms with van der Waals surface area (Å²) in [5.74, 6) is 1.44. The predicted molar refractivity (Wildman–Crippen MR) is 139 cm³/mol. The van der Waals surface area contributed by atoms with Gasteiger partial charge in [-0.05, 0) is 61.7 Å². The summed E-state index contributed by atoms with van der Waals surface area (Å²) in [6.45, 7) is 5.98. The third-order valence-corrected chi connectivity index (χ3v) is 4.65. The molecule has 0 radical (unpaired) electrons. The molecule has 0 aliphatic carbocycles. The predicted octanol–water partition coefficient (Wildman–Crippen LogP) is 3.34. The number of nitrogens with one attached hydrogen (secondary N) is 2. The maximum absolute atomic E-state index is 10.2. The van der Waals surface area contributed by atoms with Crippen LogP contribution in [0.25, 0.3) is 5.69 Å². The Hall–Kier alpha value is -2.59. The average Bonchev–Trinajstić information content (AvgIpc) is 3.31. The van der Waals surface area contributed by atoms with Crippen LogP contribution in [0.3, 0.4) is 0 Å². The highest BCUT2D eigenvalue weighted by Gasteiger charge is 2.06. The van der Waals surface area contributed by atoms with Crippen molar-refractivity contribution in [2.45, 2.75) is 26.4 Å². The van der Waals surface area contributed by atoms with E-state index < -0.39 is 6.10 Å². The lowest BCUT2D eigenvalue weighted by Gasteiger charge is -2.14. The minimum atomic E-state index is -0.675. The lowest BCUT2D eigenvalue weighted by Crippen LogP contribution is -2.39. The highest BCUT2D eigenvalue weighted by atomic mass is 127. The number of aromatic nitrogens is 2. The summed E-state index contributed by atoms with van der Waals surface area (Å²) in [5.41, 5.74) is 3.39. The fourth-order valence-electron chi connectivity index (χ4n) is 3.05. The van der Waals surface area contributed by atoms with Gasteiger partial charge in [0.05, 0.1) is 12.2 Å². The summed E-state index contributed by atoms with van der Waals surface area (Å²) in [6.07, 6.45) is 3.88. The van der Waals surface area contributed by atoms with Crippen LogP contribution < -0.4 is 15.4 Å². The first-order valence-electron chi connectivity index (χ1n) is 10.6. The number of aliphatic imine (C=N–C) groups is 1. The minimum absolute atomic E-state index is 0. The van der Waals surface area contributed by atoms with Crippen LogP contribution in [-0.2, 0) is 6.42 Å². The number of rotatable bonds is 10. The summed E-state index contributed by atoms with van der Waals surface area (Å²) in [7, 11) is 0. The third-order valence-electron chi connectivity index (χ3n) is 4.65. The minimum Gasteiger partial charge on any atom is -0.491 e. The number of hydrogen-bond donors (Lipinski definition) is 3. The van der Waals surface area contributed by atoms with Gasteiger partial charge < -0.3 is 20.5 Å². The van der Waals surface area contributed by atoms with Crippen LogP contribution in [-0.4, -0.2) is 53.2 Å². The molecule has 8 heteroatoms. The van der Waals surface area contributed by atoms with Crippen molar-refractivity contribution >= 4 is 29.9 Å². The molecule has 0 aliphatic heterocycles. The molecule has 1 heterocycles. The SMILES string of the molecule is CCNC(=NCC(O)COc1cccc(C)c1)NCCc1ccc(-n2cccn2)cc1.I. The number of guanidine groups is 1. The molecule has 0 aliphatic rings. The number of halogens is 1. The van der Waals surface area contributed by atoms with Gasteiger partial charge in [-0.15, -0.1) is 24.0 Å². The van der Waals surface area contributed by atoms with E-state index in [0.29, 0.717) is 5.96 Å². The van der Waals surface area contributed by atoms with E-state index in [1.165, 1.54) is 5.56 Å². The number of aliphatic hydroxyl groups excluding tert-OH is 1. The van der Waals surface area contributed by atoms with E-state index in [-0.39, 0.29) is 37.1 Å². The van der Waals surface area contributed by atoms with E-state index in [1.54, 1.807) is 6.20 Å².